The molecule has 1 rings (SSSR count). The Morgan fingerprint density at radius 1 is 1.28 bits per heavy atom. The summed E-state index contributed by atoms with van der Waals surface area (Å²) in [5.74, 6) is -0.579. The second-order valence-corrected chi connectivity index (χ2v) is 3.77. The summed E-state index contributed by atoms with van der Waals surface area (Å²) >= 11 is 0. The van der Waals surface area contributed by atoms with Crippen LogP contribution in [0.3, 0.4) is 0 Å². The van der Waals surface area contributed by atoms with Gasteiger partial charge in [0.25, 0.3) is 0 Å². The van der Waals surface area contributed by atoms with Crippen LogP contribution in [-0.2, 0) is 9.47 Å². The van der Waals surface area contributed by atoms with Crippen LogP contribution in [0.5, 0.6) is 0 Å². The lowest BCUT2D eigenvalue weighted by atomic mass is 10.4. The Morgan fingerprint density at radius 2 is 2.00 bits per heavy atom. The number of nitrogens with zero attached hydrogens (tertiary/aromatic N) is 1. The van der Waals surface area contributed by atoms with E-state index in [-0.39, 0.29) is 5.76 Å². The minimum absolute atomic E-state index is 0.0563. The molecule has 0 radical (unpaired) electrons. The molecule has 1 heterocycles. The van der Waals surface area contributed by atoms with E-state index in [9.17, 15) is 4.79 Å². The SMILES string of the molecule is COCCCN(CCOC)c1ccc(C(=O)O)o1. The third-order valence-electron chi connectivity index (χ3n) is 2.46. The lowest BCUT2D eigenvalue weighted by molar-refractivity contribution is 0.0663. The largest absolute Gasteiger partial charge is 0.475 e. The topological polar surface area (TPSA) is 72.1 Å². The van der Waals surface area contributed by atoms with Crippen molar-refractivity contribution in [3.63, 3.8) is 0 Å². The highest BCUT2D eigenvalue weighted by Gasteiger charge is 2.14. The molecule has 1 aromatic heterocycles. The van der Waals surface area contributed by atoms with Crippen LogP contribution in [0.25, 0.3) is 0 Å². The smallest absolute Gasteiger partial charge is 0.371 e. The van der Waals surface area contributed by atoms with Gasteiger partial charge in [0, 0.05) is 40.0 Å². The second-order valence-electron chi connectivity index (χ2n) is 3.77. The molecular formula is C12H19NO5. The maximum absolute atomic E-state index is 10.8. The molecule has 0 aliphatic carbocycles. The van der Waals surface area contributed by atoms with Crippen molar-refractivity contribution in [1.29, 1.82) is 0 Å². The molecule has 6 heteroatoms. The van der Waals surface area contributed by atoms with Crippen molar-refractivity contribution in [2.24, 2.45) is 0 Å². The van der Waals surface area contributed by atoms with Gasteiger partial charge in [-0.25, -0.2) is 4.79 Å². The van der Waals surface area contributed by atoms with Gasteiger partial charge in [0.1, 0.15) is 0 Å². The van der Waals surface area contributed by atoms with Crippen molar-refractivity contribution in [2.75, 3.05) is 45.4 Å². The molecule has 0 fully saturated rings. The average molecular weight is 257 g/mol. The molecule has 0 aromatic carbocycles. The van der Waals surface area contributed by atoms with Crippen molar-refractivity contribution in [1.82, 2.24) is 0 Å². The highest BCUT2D eigenvalue weighted by Crippen LogP contribution is 2.18. The Morgan fingerprint density at radius 3 is 2.56 bits per heavy atom. The van der Waals surface area contributed by atoms with E-state index in [1.54, 1.807) is 20.3 Å². The number of hydrogen-bond acceptors (Lipinski definition) is 5. The Bertz CT molecular complexity index is 363. The molecule has 0 atom stereocenters. The number of rotatable bonds is 9. The number of carboxylic acid groups (broad SMARTS) is 1. The van der Waals surface area contributed by atoms with Crippen molar-refractivity contribution in [3.05, 3.63) is 17.9 Å². The highest BCUT2D eigenvalue weighted by atomic mass is 16.5. The van der Waals surface area contributed by atoms with Gasteiger partial charge in [-0.15, -0.1) is 0 Å². The van der Waals surface area contributed by atoms with E-state index in [1.165, 1.54) is 6.07 Å². The minimum Gasteiger partial charge on any atom is -0.475 e. The first-order chi connectivity index (χ1) is 8.69. The molecule has 0 spiro atoms. The summed E-state index contributed by atoms with van der Waals surface area (Å²) in [4.78, 5) is 12.7. The highest BCUT2D eigenvalue weighted by molar-refractivity contribution is 5.84. The fourth-order valence-corrected chi connectivity index (χ4v) is 1.55. The van der Waals surface area contributed by atoms with Crippen molar-refractivity contribution < 1.29 is 23.8 Å². The van der Waals surface area contributed by atoms with Gasteiger partial charge in [-0.1, -0.05) is 0 Å². The van der Waals surface area contributed by atoms with Gasteiger partial charge in [0.15, 0.2) is 5.88 Å². The maximum Gasteiger partial charge on any atom is 0.371 e. The summed E-state index contributed by atoms with van der Waals surface area (Å²) in [6, 6.07) is 3.11. The molecule has 6 nitrogen and oxygen atoms in total. The van der Waals surface area contributed by atoms with Gasteiger partial charge in [-0.3, -0.25) is 0 Å². The molecule has 102 valence electrons. The summed E-state index contributed by atoms with van der Waals surface area (Å²) in [6.07, 6.45) is 0.837. The number of furan rings is 1. The van der Waals surface area contributed by atoms with E-state index < -0.39 is 5.97 Å². The summed E-state index contributed by atoms with van der Waals surface area (Å²) < 4.78 is 15.3. The predicted molar refractivity (Wildman–Crippen MR) is 66.2 cm³/mol. The number of ether oxygens (including phenoxy) is 2. The van der Waals surface area contributed by atoms with Gasteiger partial charge in [-0.05, 0) is 12.5 Å². The van der Waals surface area contributed by atoms with Crippen LogP contribution < -0.4 is 4.90 Å². The molecule has 1 aromatic rings. The van der Waals surface area contributed by atoms with Crippen LogP contribution in [0, 0.1) is 0 Å². The van der Waals surface area contributed by atoms with Gasteiger partial charge in [0.05, 0.1) is 6.61 Å². The molecule has 0 aliphatic rings. The third kappa shape index (κ3) is 4.38. The Hall–Kier alpha value is -1.53. The van der Waals surface area contributed by atoms with E-state index in [0.29, 0.717) is 25.6 Å². The summed E-state index contributed by atoms with van der Waals surface area (Å²) in [6.45, 7) is 2.57. The lowest BCUT2D eigenvalue weighted by Gasteiger charge is -2.21. The summed E-state index contributed by atoms with van der Waals surface area (Å²) in [5.41, 5.74) is 0. The summed E-state index contributed by atoms with van der Waals surface area (Å²) in [7, 11) is 3.27. The Kier molecular flexibility index (Phi) is 6.24. The van der Waals surface area contributed by atoms with E-state index in [4.69, 9.17) is 19.0 Å². The van der Waals surface area contributed by atoms with Crippen molar-refractivity contribution in [2.45, 2.75) is 6.42 Å². The molecule has 0 unspecified atom stereocenters. The second kappa shape index (κ2) is 7.73. The normalized spacial score (nSPS) is 10.6. The van der Waals surface area contributed by atoms with Gasteiger partial charge < -0.3 is 23.9 Å². The first-order valence-corrected chi connectivity index (χ1v) is 5.75. The zero-order valence-electron chi connectivity index (χ0n) is 10.7. The van der Waals surface area contributed by atoms with Crippen LogP contribution in [0.15, 0.2) is 16.5 Å². The Balaban J connectivity index is 2.63. The number of hydrogen-bond donors (Lipinski definition) is 1. The predicted octanol–water partition coefficient (Wildman–Crippen LogP) is 1.47. The number of anilines is 1. The minimum atomic E-state index is -1.06. The average Bonchev–Trinajstić information content (AvgIpc) is 2.83. The lowest BCUT2D eigenvalue weighted by Crippen LogP contribution is -2.28. The van der Waals surface area contributed by atoms with E-state index in [1.807, 2.05) is 4.90 Å². The first-order valence-electron chi connectivity index (χ1n) is 5.75. The molecule has 0 amide bonds. The Labute approximate surface area is 106 Å². The third-order valence-corrected chi connectivity index (χ3v) is 2.46. The van der Waals surface area contributed by atoms with E-state index in [2.05, 4.69) is 0 Å². The van der Waals surface area contributed by atoms with E-state index in [0.717, 1.165) is 13.0 Å². The van der Waals surface area contributed by atoms with Gasteiger partial charge in [-0.2, -0.15) is 0 Å². The number of methoxy groups -OCH3 is 2. The zero-order chi connectivity index (χ0) is 13.4. The van der Waals surface area contributed by atoms with Crippen LogP contribution in [0.2, 0.25) is 0 Å². The van der Waals surface area contributed by atoms with Gasteiger partial charge >= 0.3 is 5.97 Å². The number of carbonyl (C=O) groups is 1. The van der Waals surface area contributed by atoms with Crippen LogP contribution in [0.4, 0.5) is 5.88 Å². The number of carboxylic acids is 1. The van der Waals surface area contributed by atoms with Crippen molar-refractivity contribution in [3.8, 4) is 0 Å². The molecule has 1 N–H and O–H groups in total. The quantitative estimate of drug-likeness (QED) is 0.675. The van der Waals surface area contributed by atoms with Gasteiger partial charge in [0.2, 0.25) is 5.76 Å². The molecule has 0 bridgehead atoms. The maximum atomic E-state index is 10.8. The monoisotopic (exact) mass is 257 g/mol. The standard InChI is InChI=1S/C12H19NO5/c1-16-8-3-6-13(7-9-17-2)11-5-4-10(18-11)12(14)15/h4-5H,3,6-9H2,1-2H3,(H,14,15). The molecule has 0 saturated carbocycles. The van der Waals surface area contributed by atoms with E-state index >= 15 is 0 Å². The van der Waals surface area contributed by atoms with Crippen molar-refractivity contribution >= 4 is 11.9 Å². The van der Waals surface area contributed by atoms with Crippen LogP contribution in [0.1, 0.15) is 17.0 Å². The molecule has 0 saturated heterocycles. The fourth-order valence-electron chi connectivity index (χ4n) is 1.55. The molecule has 0 aliphatic heterocycles. The molecular weight excluding hydrogens is 238 g/mol. The number of aromatic carboxylic acids is 1. The van der Waals surface area contributed by atoms with Crippen LogP contribution >= 0.6 is 0 Å². The molecule has 18 heavy (non-hydrogen) atoms. The van der Waals surface area contributed by atoms with Crippen LogP contribution in [-0.4, -0.2) is 51.6 Å². The first kappa shape index (κ1) is 14.5. The zero-order valence-corrected chi connectivity index (χ0v) is 10.7. The summed E-state index contributed by atoms with van der Waals surface area (Å²) in [5, 5.41) is 8.81. The fraction of sp³-hybridized carbons (Fsp3) is 0.583.